The molecule has 1 saturated heterocycles. The fourth-order valence-electron chi connectivity index (χ4n) is 2.60. The van der Waals surface area contributed by atoms with E-state index in [-0.39, 0.29) is 12.1 Å². The van der Waals surface area contributed by atoms with Gasteiger partial charge in [0.05, 0.1) is 12.6 Å². The van der Waals surface area contributed by atoms with Crippen LogP contribution in [0, 0.1) is 0 Å². The average molecular weight is 335 g/mol. The second-order valence-corrected chi connectivity index (χ2v) is 6.39. The minimum absolute atomic E-state index is 0.0349. The number of amides is 2. The monoisotopic (exact) mass is 335 g/mol. The number of likely N-dealkylation sites (N-methyl/N-ethyl adjacent to an activating group) is 2. The van der Waals surface area contributed by atoms with Crippen LogP contribution < -0.4 is 10.2 Å². The third kappa shape index (κ3) is 5.07. The van der Waals surface area contributed by atoms with E-state index in [0.717, 1.165) is 37.6 Å². The zero-order valence-electron chi connectivity index (χ0n) is 15.2. The van der Waals surface area contributed by atoms with Gasteiger partial charge in [-0.1, -0.05) is 6.07 Å². The highest BCUT2D eigenvalue weighted by atomic mass is 16.5. The molecule has 1 fully saturated rings. The molecular formula is C17H29N5O2. The van der Waals surface area contributed by atoms with Gasteiger partial charge < -0.3 is 24.8 Å². The van der Waals surface area contributed by atoms with E-state index in [1.165, 1.54) is 0 Å². The van der Waals surface area contributed by atoms with Gasteiger partial charge in [-0.05, 0) is 25.6 Å². The molecule has 7 nitrogen and oxygen atoms in total. The third-order valence-electron chi connectivity index (χ3n) is 4.47. The molecule has 1 aromatic heterocycles. The molecule has 0 aromatic carbocycles. The molecule has 2 amide bonds. The number of rotatable bonds is 6. The highest BCUT2D eigenvalue weighted by Gasteiger charge is 2.16. The minimum Gasteiger partial charge on any atom is -0.383 e. The number of carbonyl (C=O) groups excluding carboxylic acids is 1. The first kappa shape index (κ1) is 18.5. The van der Waals surface area contributed by atoms with E-state index in [1.54, 1.807) is 19.1 Å². The molecule has 2 rings (SSSR count). The Hall–Kier alpha value is -1.86. The second kappa shape index (κ2) is 8.84. The van der Waals surface area contributed by atoms with E-state index in [2.05, 4.69) is 27.1 Å². The van der Waals surface area contributed by atoms with Crippen molar-refractivity contribution in [2.75, 3.05) is 58.9 Å². The molecule has 0 saturated carbocycles. The van der Waals surface area contributed by atoms with Crippen molar-refractivity contribution in [2.45, 2.75) is 19.5 Å². The zero-order chi connectivity index (χ0) is 17.5. The van der Waals surface area contributed by atoms with Crippen LogP contribution in [0.15, 0.2) is 18.3 Å². The Morgan fingerprint density at radius 1 is 1.38 bits per heavy atom. The lowest BCUT2D eigenvalue weighted by atomic mass is 10.2. The number of ether oxygens (including phenoxy) is 1. The molecule has 24 heavy (non-hydrogen) atoms. The fourth-order valence-corrected chi connectivity index (χ4v) is 2.60. The van der Waals surface area contributed by atoms with E-state index < -0.39 is 0 Å². The summed E-state index contributed by atoms with van der Waals surface area (Å²) >= 11 is 0. The molecule has 0 bridgehead atoms. The Morgan fingerprint density at radius 2 is 2.08 bits per heavy atom. The number of aromatic nitrogens is 1. The van der Waals surface area contributed by atoms with Crippen LogP contribution in [0.1, 0.15) is 12.5 Å². The standard InChI is InChI=1S/C17H29N5O2/c1-14(13-24-4)21(3)17(23)19-12-15-5-6-16(18-11-15)22-9-7-20(2)8-10-22/h5-6,11,14H,7-10,12-13H2,1-4H3,(H,19,23). The Labute approximate surface area is 144 Å². The summed E-state index contributed by atoms with van der Waals surface area (Å²) in [4.78, 5) is 22.9. The number of nitrogens with zero attached hydrogens (tertiary/aromatic N) is 4. The normalized spacial score (nSPS) is 16.8. The second-order valence-electron chi connectivity index (χ2n) is 6.39. The Morgan fingerprint density at radius 3 is 2.67 bits per heavy atom. The first-order valence-corrected chi connectivity index (χ1v) is 8.39. The summed E-state index contributed by atoms with van der Waals surface area (Å²) in [5, 5.41) is 2.91. The van der Waals surface area contributed by atoms with Gasteiger partial charge in [0, 0.05) is 53.1 Å². The van der Waals surface area contributed by atoms with Crippen molar-refractivity contribution in [3.05, 3.63) is 23.9 Å². The van der Waals surface area contributed by atoms with Crippen LogP contribution in [0.4, 0.5) is 10.6 Å². The van der Waals surface area contributed by atoms with Crippen molar-refractivity contribution < 1.29 is 9.53 Å². The fraction of sp³-hybridized carbons (Fsp3) is 0.647. The summed E-state index contributed by atoms with van der Waals surface area (Å²) in [6.07, 6.45) is 1.84. The summed E-state index contributed by atoms with van der Waals surface area (Å²) in [7, 11) is 5.55. The molecule has 1 N–H and O–H groups in total. The number of pyridine rings is 1. The Balaban J connectivity index is 1.82. The van der Waals surface area contributed by atoms with Crippen molar-refractivity contribution >= 4 is 11.8 Å². The van der Waals surface area contributed by atoms with Crippen LogP contribution in [0.2, 0.25) is 0 Å². The number of anilines is 1. The van der Waals surface area contributed by atoms with Gasteiger partial charge in [-0.3, -0.25) is 0 Å². The van der Waals surface area contributed by atoms with Crippen LogP contribution >= 0.6 is 0 Å². The third-order valence-corrected chi connectivity index (χ3v) is 4.47. The molecule has 1 aliphatic heterocycles. The molecule has 0 aliphatic carbocycles. The van der Waals surface area contributed by atoms with Gasteiger partial charge in [-0.25, -0.2) is 9.78 Å². The van der Waals surface area contributed by atoms with Gasteiger partial charge >= 0.3 is 6.03 Å². The van der Waals surface area contributed by atoms with Crippen LogP contribution in [0.5, 0.6) is 0 Å². The molecule has 0 spiro atoms. The molecule has 1 aromatic rings. The van der Waals surface area contributed by atoms with E-state index in [9.17, 15) is 4.79 Å². The molecule has 1 aliphatic rings. The number of methoxy groups -OCH3 is 1. The summed E-state index contributed by atoms with van der Waals surface area (Å²) in [6, 6.07) is 3.99. The van der Waals surface area contributed by atoms with Gasteiger partial charge in [0.25, 0.3) is 0 Å². The van der Waals surface area contributed by atoms with Crippen LogP contribution in [0.3, 0.4) is 0 Å². The zero-order valence-corrected chi connectivity index (χ0v) is 15.2. The minimum atomic E-state index is -0.109. The number of carbonyl (C=O) groups is 1. The lowest BCUT2D eigenvalue weighted by Gasteiger charge is -2.33. The molecule has 1 unspecified atom stereocenters. The molecule has 134 valence electrons. The van der Waals surface area contributed by atoms with Gasteiger partial charge in [0.15, 0.2) is 0 Å². The maximum atomic E-state index is 12.1. The first-order valence-electron chi connectivity index (χ1n) is 8.39. The number of piperazine rings is 1. The molecule has 7 heteroatoms. The van der Waals surface area contributed by atoms with Crippen molar-refractivity contribution in [1.82, 2.24) is 20.1 Å². The van der Waals surface area contributed by atoms with Crippen LogP contribution in [0.25, 0.3) is 0 Å². The lowest BCUT2D eigenvalue weighted by molar-refractivity contribution is 0.123. The molecule has 1 atom stereocenters. The number of urea groups is 1. The number of hydrogen-bond acceptors (Lipinski definition) is 5. The summed E-state index contributed by atoms with van der Waals surface area (Å²) < 4.78 is 5.08. The predicted molar refractivity (Wildman–Crippen MR) is 95.3 cm³/mol. The highest BCUT2D eigenvalue weighted by Crippen LogP contribution is 2.13. The SMILES string of the molecule is COCC(C)N(C)C(=O)NCc1ccc(N2CCN(C)CC2)nc1. The predicted octanol–water partition coefficient (Wildman–Crippen LogP) is 1.01. The Kier molecular flexibility index (Phi) is 6.81. The molecule has 0 radical (unpaired) electrons. The van der Waals surface area contributed by atoms with Crippen LogP contribution in [-0.4, -0.2) is 80.8 Å². The van der Waals surface area contributed by atoms with Crippen molar-refractivity contribution in [3.8, 4) is 0 Å². The first-order chi connectivity index (χ1) is 11.5. The molecule has 2 heterocycles. The van der Waals surface area contributed by atoms with Crippen molar-refractivity contribution in [1.29, 1.82) is 0 Å². The van der Waals surface area contributed by atoms with E-state index in [0.29, 0.717) is 13.2 Å². The number of nitrogens with one attached hydrogen (secondary N) is 1. The van der Waals surface area contributed by atoms with Crippen molar-refractivity contribution in [3.63, 3.8) is 0 Å². The summed E-state index contributed by atoms with van der Waals surface area (Å²) in [6.45, 7) is 7.07. The van der Waals surface area contributed by atoms with Crippen LogP contribution in [-0.2, 0) is 11.3 Å². The Bertz CT molecular complexity index is 514. The van der Waals surface area contributed by atoms with E-state index in [1.807, 2.05) is 25.3 Å². The van der Waals surface area contributed by atoms with E-state index in [4.69, 9.17) is 4.74 Å². The van der Waals surface area contributed by atoms with E-state index >= 15 is 0 Å². The molecular weight excluding hydrogens is 306 g/mol. The van der Waals surface area contributed by atoms with Crippen molar-refractivity contribution in [2.24, 2.45) is 0 Å². The smallest absolute Gasteiger partial charge is 0.317 e. The maximum absolute atomic E-state index is 12.1. The summed E-state index contributed by atoms with van der Waals surface area (Å²) in [5.41, 5.74) is 0.994. The lowest BCUT2D eigenvalue weighted by Crippen LogP contribution is -2.44. The summed E-state index contributed by atoms with van der Waals surface area (Å²) in [5.74, 6) is 1.00. The average Bonchev–Trinajstić information content (AvgIpc) is 2.60. The topological polar surface area (TPSA) is 60.9 Å². The van der Waals surface area contributed by atoms with Gasteiger partial charge in [-0.15, -0.1) is 0 Å². The van der Waals surface area contributed by atoms with Gasteiger partial charge in [0.1, 0.15) is 5.82 Å². The highest BCUT2D eigenvalue weighted by molar-refractivity contribution is 5.74. The van der Waals surface area contributed by atoms with Gasteiger partial charge in [0.2, 0.25) is 0 Å². The maximum Gasteiger partial charge on any atom is 0.317 e. The quantitative estimate of drug-likeness (QED) is 0.841. The van der Waals surface area contributed by atoms with Gasteiger partial charge in [-0.2, -0.15) is 0 Å². The largest absolute Gasteiger partial charge is 0.383 e. The number of hydrogen-bond donors (Lipinski definition) is 1.